The number of carbonyl (C=O) groups is 1. The number of aromatic nitrogens is 3. The fourth-order valence-corrected chi connectivity index (χ4v) is 4.26. The summed E-state index contributed by atoms with van der Waals surface area (Å²) in [5.74, 6) is 1.00. The maximum absolute atomic E-state index is 12.7. The summed E-state index contributed by atoms with van der Waals surface area (Å²) in [5, 5.41) is 4.08. The molecule has 0 bridgehead atoms. The highest BCUT2D eigenvalue weighted by molar-refractivity contribution is 6.06. The predicted molar refractivity (Wildman–Crippen MR) is 154 cm³/mol. The highest BCUT2D eigenvalue weighted by Crippen LogP contribution is 2.30. The van der Waals surface area contributed by atoms with Crippen LogP contribution in [0.1, 0.15) is 33.0 Å². The van der Waals surface area contributed by atoms with E-state index in [2.05, 4.69) is 14.9 Å². The van der Waals surface area contributed by atoms with E-state index in [1.165, 1.54) is 0 Å². The minimum Gasteiger partial charge on any atom is -0.382 e. The maximum atomic E-state index is 12.7. The summed E-state index contributed by atoms with van der Waals surface area (Å²) in [5.41, 5.74) is 13.4. The van der Waals surface area contributed by atoms with E-state index in [1.807, 2.05) is 45.0 Å². The number of benzene rings is 1. The van der Waals surface area contributed by atoms with Crippen molar-refractivity contribution in [1.82, 2.24) is 19.9 Å². The van der Waals surface area contributed by atoms with E-state index in [-0.39, 0.29) is 12.3 Å². The second-order valence-electron chi connectivity index (χ2n) is 9.88. The monoisotopic (exact) mass is 560 g/mol. The fourth-order valence-electron chi connectivity index (χ4n) is 4.26. The standard InChI is InChI=1S/C28H44N6O6/c1-4-36-19-23-32-25-26(21-7-5-6-8-22(21)31-27(25)30)34(23)20-28(2,3)33-24(35)9-11-37-13-15-39-17-18-40-16-14-38-12-10-29/h5-8H,4,9-20,29H2,1-3H3,(H2,30,31)(H,33,35). The molecule has 0 radical (unpaired) electrons. The molecular weight excluding hydrogens is 516 g/mol. The van der Waals surface area contributed by atoms with Crippen molar-refractivity contribution in [3.8, 4) is 0 Å². The molecule has 12 heteroatoms. The Labute approximate surface area is 235 Å². The van der Waals surface area contributed by atoms with Crippen LogP contribution in [0.25, 0.3) is 21.9 Å². The van der Waals surface area contributed by atoms with E-state index in [4.69, 9.17) is 40.1 Å². The number of nitrogens with one attached hydrogen (secondary N) is 1. The van der Waals surface area contributed by atoms with Crippen LogP contribution in [0, 0.1) is 0 Å². The van der Waals surface area contributed by atoms with Crippen LogP contribution in [0.3, 0.4) is 0 Å². The molecule has 0 atom stereocenters. The van der Waals surface area contributed by atoms with Gasteiger partial charge >= 0.3 is 0 Å². The van der Waals surface area contributed by atoms with Gasteiger partial charge in [-0.3, -0.25) is 4.79 Å². The Morgan fingerprint density at radius 1 is 0.925 bits per heavy atom. The smallest absolute Gasteiger partial charge is 0.222 e. The van der Waals surface area contributed by atoms with Crippen molar-refractivity contribution in [3.63, 3.8) is 0 Å². The Morgan fingerprint density at radius 2 is 1.55 bits per heavy atom. The number of rotatable bonds is 20. The third-order valence-corrected chi connectivity index (χ3v) is 6.01. The number of nitrogens with two attached hydrogens (primary N) is 2. The number of anilines is 1. The van der Waals surface area contributed by atoms with Gasteiger partial charge in [-0.05, 0) is 26.8 Å². The van der Waals surface area contributed by atoms with Crippen molar-refractivity contribution in [2.75, 3.05) is 71.7 Å². The van der Waals surface area contributed by atoms with Crippen LogP contribution in [0.15, 0.2) is 24.3 Å². The normalized spacial score (nSPS) is 12.0. The molecular formula is C28H44N6O6. The quantitative estimate of drug-likeness (QED) is 0.175. The Morgan fingerprint density at radius 3 is 2.20 bits per heavy atom. The van der Waals surface area contributed by atoms with E-state index in [1.54, 1.807) is 0 Å². The minimum absolute atomic E-state index is 0.0991. The Bertz CT molecular complexity index is 1200. The lowest BCUT2D eigenvalue weighted by molar-refractivity contribution is -0.124. The van der Waals surface area contributed by atoms with Crippen LogP contribution >= 0.6 is 0 Å². The van der Waals surface area contributed by atoms with E-state index in [9.17, 15) is 4.79 Å². The molecule has 0 aliphatic heterocycles. The summed E-state index contributed by atoms with van der Waals surface area (Å²) in [6.45, 7) is 11.4. The Hall–Kier alpha value is -2.87. The van der Waals surface area contributed by atoms with Gasteiger partial charge in [-0.25, -0.2) is 9.97 Å². The van der Waals surface area contributed by atoms with Gasteiger partial charge in [-0.15, -0.1) is 0 Å². The van der Waals surface area contributed by atoms with Gasteiger partial charge in [0.2, 0.25) is 5.91 Å². The summed E-state index contributed by atoms with van der Waals surface area (Å²) < 4.78 is 29.4. The zero-order chi connectivity index (χ0) is 28.8. The SMILES string of the molecule is CCOCc1nc2c(N)nc3ccccc3c2n1CC(C)(C)NC(=O)CCOCCOCCOCCOCCN. The van der Waals surface area contributed by atoms with E-state index in [0.717, 1.165) is 22.2 Å². The molecule has 12 nitrogen and oxygen atoms in total. The molecule has 3 aromatic rings. The number of fused-ring (bicyclic) bond motifs is 3. The van der Waals surface area contributed by atoms with Crippen LogP contribution in [-0.2, 0) is 41.6 Å². The van der Waals surface area contributed by atoms with Crippen molar-refractivity contribution in [2.45, 2.75) is 45.9 Å². The number of hydrogen-bond acceptors (Lipinski definition) is 10. The van der Waals surface area contributed by atoms with Gasteiger partial charge in [0.1, 0.15) is 17.9 Å². The van der Waals surface area contributed by atoms with Gasteiger partial charge in [-0.2, -0.15) is 0 Å². The van der Waals surface area contributed by atoms with E-state index in [0.29, 0.717) is 90.5 Å². The first-order chi connectivity index (χ1) is 19.4. The molecule has 0 aliphatic rings. The number of amides is 1. The number of ether oxygens (including phenoxy) is 5. The minimum atomic E-state index is -0.580. The molecule has 1 aromatic carbocycles. The van der Waals surface area contributed by atoms with E-state index < -0.39 is 5.54 Å². The summed E-state index contributed by atoms with van der Waals surface area (Å²) in [7, 11) is 0. The third kappa shape index (κ3) is 9.65. The van der Waals surface area contributed by atoms with Gasteiger partial charge < -0.3 is 45.0 Å². The number of hydrogen-bond donors (Lipinski definition) is 3. The Balaban J connectivity index is 1.48. The fraction of sp³-hybridized carbons (Fsp3) is 0.607. The van der Waals surface area contributed by atoms with Gasteiger partial charge in [-0.1, -0.05) is 18.2 Å². The summed E-state index contributed by atoms with van der Waals surface area (Å²) in [6.07, 6.45) is 0.242. The molecule has 2 aromatic heterocycles. The number of carbonyl (C=O) groups excluding carboxylic acids is 1. The lowest BCUT2D eigenvalue weighted by Crippen LogP contribution is -2.47. The van der Waals surface area contributed by atoms with Crippen LogP contribution in [-0.4, -0.2) is 92.0 Å². The third-order valence-electron chi connectivity index (χ3n) is 6.01. The first-order valence-electron chi connectivity index (χ1n) is 13.8. The lowest BCUT2D eigenvalue weighted by Gasteiger charge is -2.28. The Kier molecular flexibility index (Phi) is 13.0. The van der Waals surface area contributed by atoms with Gasteiger partial charge in [0.15, 0.2) is 5.82 Å². The molecule has 40 heavy (non-hydrogen) atoms. The first kappa shape index (κ1) is 31.7. The molecule has 1 amide bonds. The number of para-hydroxylation sites is 1. The largest absolute Gasteiger partial charge is 0.382 e. The topological polar surface area (TPSA) is 158 Å². The van der Waals surface area contributed by atoms with Gasteiger partial charge in [0.05, 0.1) is 69.4 Å². The number of imidazole rings is 1. The highest BCUT2D eigenvalue weighted by Gasteiger charge is 2.26. The molecule has 3 rings (SSSR count). The van der Waals surface area contributed by atoms with Gasteiger partial charge in [0, 0.05) is 31.5 Å². The predicted octanol–water partition coefficient (Wildman–Crippen LogP) is 2.01. The van der Waals surface area contributed by atoms with Crippen LogP contribution in [0.2, 0.25) is 0 Å². The van der Waals surface area contributed by atoms with Crippen molar-refractivity contribution in [2.24, 2.45) is 5.73 Å². The molecule has 0 spiro atoms. The van der Waals surface area contributed by atoms with Crippen molar-refractivity contribution < 1.29 is 28.5 Å². The summed E-state index contributed by atoms with van der Waals surface area (Å²) in [6, 6.07) is 7.83. The van der Waals surface area contributed by atoms with Crippen LogP contribution in [0.4, 0.5) is 5.82 Å². The lowest BCUT2D eigenvalue weighted by atomic mass is 10.0. The molecule has 0 saturated heterocycles. The molecule has 0 unspecified atom stereocenters. The summed E-state index contributed by atoms with van der Waals surface area (Å²) >= 11 is 0. The second kappa shape index (κ2) is 16.4. The van der Waals surface area contributed by atoms with Crippen LogP contribution in [0.5, 0.6) is 0 Å². The van der Waals surface area contributed by atoms with Crippen molar-refractivity contribution in [3.05, 3.63) is 30.1 Å². The molecule has 5 N–H and O–H groups in total. The highest BCUT2D eigenvalue weighted by atomic mass is 16.6. The van der Waals surface area contributed by atoms with Crippen LogP contribution < -0.4 is 16.8 Å². The molecule has 0 aliphatic carbocycles. The molecule has 0 fully saturated rings. The second-order valence-corrected chi connectivity index (χ2v) is 9.88. The first-order valence-corrected chi connectivity index (χ1v) is 13.8. The molecule has 2 heterocycles. The number of nitrogens with zero attached hydrogens (tertiary/aromatic N) is 3. The number of nitrogen functional groups attached to an aromatic ring is 1. The average Bonchev–Trinajstić information content (AvgIpc) is 3.28. The van der Waals surface area contributed by atoms with E-state index >= 15 is 0 Å². The maximum Gasteiger partial charge on any atom is 0.222 e. The zero-order valence-electron chi connectivity index (χ0n) is 23.9. The number of pyridine rings is 1. The van der Waals surface area contributed by atoms with Crippen molar-refractivity contribution in [1.29, 1.82) is 0 Å². The molecule has 0 saturated carbocycles. The zero-order valence-corrected chi connectivity index (χ0v) is 23.9. The summed E-state index contributed by atoms with van der Waals surface area (Å²) in [4.78, 5) is 22.0. The van der Waals surface area contributed by atoms with Crippen molar-refractivity contribution >= 4 is 33.7 Å². The molecule has 222 valence electrons. The average molecular weight is 561 g/mol. The van der Waals surface area contributed by atoms with Gasteiger partial charge in [0.25, 0.3) is 0 Å².